The highest BCUT2D eigenvalue weighted by Gasteiger charge is 2.43. The summed E-state index contributed by atoms with van der Waals surface area (Å²) in [5, 5.41) is 12.4. The van der Waals surface area contributed by atoms with Crippen LogP contribution in [-0.2, 0) is 4.79 Å². The molecular formula is C12H25NO2. The molecule has 0 saturated heterocycles. The van der Waals surface area contributed by atoms with E-state index in [1.54, 1.807) is 6.92 Å². The molecule has 0 bridgehead atoms. The number of hydrogen-bond donors (Lipinski definition) is 2. The third-order valence-corrected chi connectivity index (χ3v) is 3.13. The molecule has 3 nitrogen and oxygen atoms in total. The summed E-state index contributed by atoms with van der Waals surface area (Å²) in [7, 11) is 0. The lowest BCUT2D eigenvalue weighted by Gasteiger charge is -2.39. The summed E-state index contributed by atoms with van der Waals surface area (Å²) in [4.78, 5) is 11.3. The van der Waals surface area contributed by atoms with Crippen LogP contribution in [0.3, 0.4) is 0 Å². The first-order valence-electron chi connectivity index (χ1n) is 5.59. The van der Waals surface area contributed by atoms with Crippen LogP contribution in [0.2, 0.25) is 0 Å². The van der Waals surface area contributed by atoms with E-state index in [9.17, 15) is 9.90 Å². The van der Waals surface area contributed by atoms with Crippen molar-refractivity contribution in [1.29, 1.82) is 0 Å². The van der Waals surface area contributed by atoms with E-state index in [0.717, 1.165) is 13.0 Å². The van der Waals surface area contributed by atoms with Gasteiger partial charge in [-0.1, -0.05) is 34.6 Å². The number of rotatable bonds is 5. The van der Waals surface area contributed by atoms with E-state index in [0.29, 0.717) is 5.92 Å². The van der Waals surface area contributed by atoms with Gasteiger partial charge in [-0.2, -0.15) is 0 Å². The van der Waals surface area contributed by atoms with Crippen molar-refractivity contribution in [3.05, 3.63) is 0 Å². The van der Waals surface area contributed by atoms with Crippen molar-refractivity contribution >= 4 is 5.97 Å². The van der Waals surface area contributed by atoms with Gasteiger partial charge in [-0.05, 0) is 31.2 Å². The summed E-state index contributed by atoms with van der Waals surface area (Å²) in [6.45, 7) is 12.6. The van der Waals surface area contributed by atoms with Gasteiger partial charge in [0.25, 0.3) is 0 Å². The molecule has 0 aromatic rings. The fourth-order valence-corrected chi connectivity index (χ4v) is 1.27. The molecule has 2 N–H and O–H groups in total. The lowest BCUT2D eigenvalue weighted by molar-refractivity contribution is -0.149. The van der Waals surface area contributed by atoms with Crippen LogP contribution in [0.5, 0.6) is 0 Å². The van der Waals surface area contributed by atoms with E-state index in [1.807, 2.05) is 20.8 Å². The Kier molecular flexibility index (Phi) is 4.78. The zero-order valence-electron chi connectivity index (χ0n) is 10.8. The lowest BCUT2D eigenvalue weighted by Crippen LogP contribution is -2.58. The van der Waals surface area contributed by atoms with E-state index in [2.05, 4.69) is 19.2 Å². The molecule has 1 atom stereocenters. The zero-order chi connectivity index (χ0) is 12.3. The predicted octanol–water partition coefficient (Wildman–Crippen LogP) is 2.51. The molecule has 0 aromatic heterocycles. The minimum Gasteiger partial charge on any atom is -0.480 e. The Hall–Kier alpha value is -0.570. The topological polar surface area (TPSA) is 49.3 Å². The third-order valence-electron chi connectivity index (χ3n) is 3.13. The van der Waals surface area contributed by atoms with Crippen molar-refractivity contribution in [1.82, 2.24) is 5.32 Å². The van der Waals surface area contributed by atoms with Crippen LogP contribution in [0.15, 0.2) is 0 Å². The maximum atomic E-state index is 11.3. The fourth-order valence-electron chi connectivity index (χ4n) is 1.27. The van der Waals surface area contributed by atoms with Gasteiger partial charge in [0.15, 0.2) is 0 Å². The van der Waals surface area contributed by atoms with Crippen molar-refractivity contribution in [2.24, 2.45) is 11.3 Å². The molecule has 0 spiro atoms. The molecule has 3 heteroatoms. The van der Waals surface area contributed by atoms with Crippen molar-refractivity contribution in [2.75, 3.05) is 6.54 Å². The molecule has 15 heavy (non-hydrogen) atoms. The molecule has 0 amide bonds. The molecule has 0 aromatic carbocycles. The number of carbonyl (C=O) groups is 1. The highest BCUT2D eigenvalue weighted by Crippen LogP contribution is 2.30. The minimum atomic E-state index is -0.859. The van der Waals surface area contributed by atoms with Gasteiger partial charge in [0.05, 0.1) is 0 Å². The maximum Gasteiger partial charge on any atom is 0.324 e. The average molecular weight is 215 g/mol. The lowest BCUT2D eigenvalue weighted by atomic mass is 9.74. The second kappa shape index (κ2) is 4.97. The standard InChI is InChI=1S/C12H25NO2/c1-9(2)7-8-13-12(6,10(14)15)11(3,4)5/h9,13H,7-8H2,1-6H3,(H,14,15). The monoisotopic (exact) mass is 215 g/mol. The number of hydrogen-bond acceptors (Lipinski definition) is 2. The Balaban J connectivity index is 4.48. The molecule has 90 valence electrons. The molecule has 0 saturated carbocycles. The molecular weight excluding hydrogens is 190 g/mol. The summed E-state index contributed by atoms with van der Waals surface area (Å²) >= 11 is 0. The van der Waals surface area contributed by atoms with Gasteiger partial charge < -0.3 is 10.4 Å². The van der Waals surface area contributed by atoms with Gasteiger partial charge >= 0.3 is 5.97 Å². The van der Waals surface area contributed by atoms with E-state index >= 15 is 0 Å². The summed E-state index contributed by atoms with van der Waals surface area (Å²) in [6.07, 6.45) is 0.999. The zero-order valence-corrected chi connectivity index (χ0v) is 10.8. The molecule has 1 unspecified atom stereocenters. The number of aliphatic carboxylic acids is 1. The highest BCUT2D eigenvalue weighted by molar-refractivity contribution is 5.79. The Morgan fingerprint density at radius 2 is 1.73 bits per heavy atom. The minimum absolute atomic E-state index is 0.296. The number of carboxylic acid groups (broad SMARTS) is 1. The van der Waals surface area contributed by atoms with Crippen LogP contribution in [-0.4, -0.2) is 23.2 Å². The van der Waals surface area contributed by atoms with Gasteiger partial charge in [-0.15, -0.1) is 0 Å². The van der Waals surface area contributed by atoms with Gasteiger partial charge in [0, 0.05) is 0 Å². The Bertz CT molecular complexity index is 218. The van der Waals surface area contributed by atoms with Crippen LogP contribution >= 0.6 is 0 Å². The summed E-state index contributed by atoms with van der Waals surface area (Å²) < 4.78 is 0. The van der Waals surface area contributed by atoms with E-state index < -0.39 is 11.5 Å². The van der Waals surface area contributed by atoms with E-state index in [4.69, 9.17) is 0 Å². The first-order chi connectivity index (χ1) is 6.61. The SMILES string of the molecule is CC(C)CCNC(C)(C(=O)O)C(C)(C)C. The molecule has 0 aliphatic rings. The van der Waals surface area contributed by atoms with Gasteiger partial charge in [-0.25, -0.2) is 0 Å². The first-order valence-corrected chi connectivity index (χ1v) is 5.59. The number of carboxylic acids is 1. The summed E-state index contributed by atoms with van der Waals surface area (Å²) in [5.74, 6) is -0.186. The van der Waals surface area contributed by atoms with Crippen LogP contribution in [0.4, 0.5) is 0 Å². The number of nitrogens with one attached hydrogen (secondary N) is 1. The van der Waals surface area contributed by atoms with Crippen molar-refractivity contribution < 1.29 is 9.90 Å². The predicted molar refractivity (Wildman–Crippen MR) is 63.0 cm³/mol. The molecule has 0 heterocycles. The second-order valence-corrected chi connectivity index (χ2v) is 5.79. The van der Waals surface area contributed by atoms with Crippen molar-refractivity contribution in [2.45, 2.75) is 53.5 Å². The van der Waals surface area contributed by atoms with Crippen LogP contribution in [0.1, 0.15) is 48.0 Å². The summed E-state index contributed by atoms with van der Waals surface area (Å²) in [6, 6.07) is 0. The van der Waals surface area contributed by atoms with Crippen molar-refractivity contribution in [3.63, 3.8) is 0 Å². The van der Waals surface area contributed by atoms with E-state index in [-0.39, 0.29) is 5.41 Å². The average Bonchev–Trinajstić information content (AvgIpc) is 2.00. The molecule has 0 aliphatic carbocycles. The van der Waals surface area contributed by atoms with E-state index in [1.165, 1.54) is 0 Å². The Morgan fingerprint density at radius 3 is 2.00 bits per heavy atom. The Labute approximate surface area is 93.3 Å². The quantitative estimate of drug-likeness (QED) is 0.741. The first kappa shape index (κ1) is 14.4. The maximum absolute atomic E-state index is 11.3. The molecule has 0 rings (SSSR count). The van der Waals surface area contributed by atoms with Crippen LogP contribution in [0.25, 0.3) is 0 Å². The third kappa shape index (κ3) is 3.82. The smallest absolute Gasteiger partial charge is 0.324 e. The van der Waals surface area contributed by atoms with Gasteiger partial charge in [0.2, 0.25) is 0 Å². The van der Waals surface area contributed by atoms with Gasteiger partial charge in [0.1, 0.15) is 5.54 Å². The Morgan fingerprint density at radius 1 is 1.27 bits per heavy atom. The molecule has 0 aliphatic heterocycles. The summed E-state index contributed by atoms with van der Waals surface area (Å²) in [5.41, 5.74) is -1.16. The molecule has 0 fully saturated rings. The van der Waals surface area contributed by atoms with Crippen LogP contribution < -0.4 is 5.32 Å². The largest absolute Gasteiger partial charge is 0.480 e. The fraction of sp³-hybridized carbons (Fsp3) is 0.917. The molecule has 0 radical (unpaired) electrons. The van der Waals surface area contributed by atoms with Crippen molar-refractivity contribution in [3.8, 4) is 0 Å². The highest BCUT2D eigenvalue weighted by atomic mass is 16.4. The van der Waals surface area contributed by atoms with Gasteiger partial charge in [-0.3, -0.25) is 4.79 Å². The second-order valence-electron chi connectivity index (χ2n) is 5.79. The normalized spacial score (nSPS) is 16.5. The van der Waals surface area contributed by atoms with Crippen LogP contribution in [0, 0.1) is 11.3 Å².